The Morgan fingerprint density at radius 1 is 1.27 bits per heavy atom. The number of piperazine rings is 1. The first-order valence-electron chi connectivity index (χ1n) is 7.76. The molecule has 4 rings (SSSR count). The molecule has 0 radical (unpaired) electrons. The Balaban J connectivity index is 1.66. The number of nitrogen functional groups attached to an aromatic ring is 1. The van der Waals surface area contributed by atoms with Gasteiger partial charge in [0.2, 0.25) is 5.91 Å². The lowest BCUT2D eigenvalue weighted by molar-refractivity contribution is -0.124. The van der Waals surface area contributed by atoms with Crippen LogP contribution in [0.25, 0.3) is 10.2 Å². The number of nitrogens with zero attached hydrogens (tertiary/aromatic N) is 3. The molecule has 2 aliphatic rings. The van der Waals surface area contributed by atoms with Gasteiger partial charge in [0.25, 0.3) is 0 Å². The van der Waals surface area contributed by atoms with Crippen LogP contribution in [0.1, 0.15) is 29.1 Å². The van der Waals surface area contributed by atoms with Gasteiger partial charge in [-0.05, 0) is 31.2 Å². The average Bonchev–Trinajstić information content (AvgIpc) is 2.85. The lowest BCUT2D eigenvalue weighted by Gasteiger charge is -2.25. The second-order valence-electron chi connectivity index (χ2n) is 5.98. The minimum atomic E-state index is 0.0619. The molecule has 2 aromatic heterocycles. The number of carbonyl (C=O) groups excluding carboxylic acids is 1. The number of thiophene rings is 1. The van der Waals surface area contributed by atoms with Crippen molar-refractivity contribution in [3.8, 4) is 0 Å². The van der Waals surface area contributed by atoms with Crippen LogP contribution in [0.2, 0.25) is 0 Å². The Hall–Kier alpha value is -1.73. The minimum absolute atomic E-state index is 0.0619. The van der Waals surface area contributed by atoms with E-state index in [-0.39, 0.29) is 5.91 Å². The van der Waals surface area contributed by atoms with Gasteiger partial charge in [-0.2, -0.15) is 0 Å². The van der Waals surface area contributed by atoms with E-state index in [1.807, 2.05) is 0 Å². The SMILES string of the molecule is Nc1nc(CN2CCNC(=O)C2)nc2sc3c(c12)CCCC3. The largest absolute Gasteiger partial charge is 0.383 e. The maximum absolute atomic E-state index is 11.5. The highest BCUT2D eigenvalue weighted by atomic mass is 32.1. The molecule has 7 heteroatoms. The summed E-state index contributed by atoms with van der Waals surface area (Å²) in [5.41, 5.74) is 7.58. The van der Waals surface area contributed by atoms with Crippen LogP contribution >= 0.6 is 11.3 Å². The molecule has 3 N–H and O–H groups in total. The molecule has 1 amide bonds. The Morgan fingerprint density at radius 3 is 3.00 bits per heavy atom. The fourth-order valence-electron chi connectivity index (χ4n) is 3.33. The molecule has 0 saturated carbocycles. The molecular weight excluding hydrogens is 298 g/mol. The molecule has 1 saturated heterocycles. The lowest BCUT2D eigenvalue weighted by Crippen LogP contribution is -2.47. The predicted molar refractivity (Wildman–Crippen MR) is 86.8 cm³/mol. The third-order valence-corrected chi connectivity index (χ3v) is 5.56. The first-order valence-corrected chi connectivity index (χ1v) is 8.58. The Kier molecular flexibility index (Phi) is 3.46. The molecule has 2 aromatic rings. The molecule has 1 aliphatic heterocycles. The van der Waals surface area contributed by atoms with Crippen LogP contribution in [-0.2, 0) is 24.2 Å². The van der Waals surface area contributed by atoms with Crippen molar-refractivity contribution in [3.05, 3.63) is 16.3 Å². The van der Waals surface area contributed by atoms with Crippen LogP contribution in [0, 0.1) is 0 Å². The number of aromatic nitrogens is 2. The van der Waals surface area contributed by atoms with Crippen LogP contribution < -0.4 is 11.1 Å². The summed E-state index contributed by atoms with van der Waals surface area (Å²) < 4.78 is 0. The summed E-state index contributed by atoms with van der Waals surface area (Å²) in [7, 11) is 0. The predicted octanol–water partition coefficient (Wildman–Crippen LogP) is 1.08. The van der Waals surface area contributed by atoms with E-state index in [4.69, 9.17) is 10.7 Å². The van der Waals surface area contributed by atoms with Crippen molar-refractivity contribution in [2.75, 3.05) is 25.4 Å². The summed E-state index contributed by atoms with van der Waals surface area (Å²) >= 11 is 1.76. The van der Waals surface area contributed by atoms with Crippen molar-refractivity contribution in [1.29, 1.82) is 0 Å². The van der Waals surface area contributed by atoms with E-state index >= 15 is 0 Å². The van der Waals surface area contributed by atoms with Crippen LogP contribution in [0.4, 0.5) is 5.82 Å². The first-order chi connectivity index (χ1) is 10.7. The molecule has 22 heavy (non-hydrogen) atoms. The smallest absolute Gasteiger partial charge is 0.234 e. The highest BCUT2D eigenvalue weighted by Gasteiger charge is 2.22. The molecule has 6 nitrogen and oxygen atoms in total. The molecule has 0 unspecified atom stereocenters. The van der Waals surface area contributed by atoms with E-state index in [2.05, 4.69) is 15.2 Å². The minimum Gasteiger partial charge on any atom is -0.383 e. The molecular formula is C15H19N5OS. The summed E-state index contributed by atoms with van der Waals surface area (Å²) in [6.45, 7) is 2.50. The third-order valence-electron chi connectivity index (χ3n) is 4.37. The van der Waals surface area contributed by atoms with Gasteiger partial charge in [0.1, 0.15) is 16.5 Å². The number of fused-ring (bicyclic) bond motifs is 3. The Labute approximate surface area is 132 Å². The summed E-state index contributed by atoms with van der Waals surface area (Å²) in [4.78, 5) is 25.2. The second-order valence-corrected chi connectivity index (χ2v) is 7.06. The van der Waals surface area contributed by atoms with Crippen LogP contribution in [0.3, 0.4) is 0 Å². The van der Waals surface area contributed by atoms with Crippen LogP contribution in [0.15, 0.2) is 0 Å². The van der Waals surface area contributed by atoms with E-state index in [1.54, 1.807) is 11.3 Å². The van der Waals surface area contributed by atoms with Gasteiger partial charge in [0, 0.05) is 18.0 Å². The molecule has 0 aromatic carbocycles. The molecule has 3 heterocycles. The summed E-state index contributed by atoms with van der Waals surface area (Å²) in [6, 6.07) is 0. The van der Waals surface area contributed by atoms with E-state index in [9.17, 15) is 4.79 Å². The van der Waals surface area contributed by atoms with Gasteiger partial charge in [-0.1, -0.05) is 0 Å². The number of rotatable bonds is 2. The summed E-state index contributed by atoms with van der Waals surface area (Å²) in [5, 5.41) is 3.90. The van der Waals surface area contributed by atoms with Gasteiger partial charge >= 0.3 is 0 Å². The maximum Gasteiger partial charge on any atom is 0.234 e. The molecule has 0 spiro atoms. The van der Waals surface area contributed by atoms with E-state index in [1.165, 1.54) is 23.3 Å². The zero-order valence-electron chi connectivity index (χ0n) is 12.4. The average molecular weight is 317 g/mol. The summed E-state index contributed by atoms with van der Waals surface area (Å²) in [6.07, 6.45) is 4.71. The normalized spacial score (nSPS) is 19.2. The second kappa shape index (κ2) is 5.48. The third kappa shape index (κ3) is 2.44. The quantitative estimate of drug-likeness (QED) is 0.866. The fourth-order valence-corrected chi connectivity index (χ4v) is 4.62. The zero-order valence-corrected chi connectivity index (χ0v) is 13.2. The van der Waals surface area contributed by atoms with Crippen LogP contribution in [-0.4, -0.2) is 40.4 Å². The van der Waals surface area contributed by atoms with Gasteiger partial charge in [-0.3, -0.25) is 9.69 Å². The molecule has 0 atom stereocenters. The van der Waals surface area contributed by atoms with Gasteiger partial charge < -0.3 is 11.1 Å². The van der Waals surface area contributed by atoms with Gasteiger partial charge in [-0.25, -0.2) is 9.97 Å². The van der Waals surface area contributed by atoms with Crippen molar-refractivity contribution in [1.82, 2.24) is 20.2 Å². The summed E-state index contributed by atoms with van der Waals surface area (Å²) in [5.74, 6) is 1.38. The highest BCUT2D eigenvalue weighted by molar-refractivity contribution is 7.19. The number of aryl methyl sites for hydroxylation is 2. The first kappa shape index (κ1) is 13.9. The number of carbonyl (C=O) groups is 1. The van der Waals surface area contributed by atoms with Crippen LogP contribution in [0.5, 0.6) is 0 Å². The topological polar surface area (TPSA) is 84.1 Å². The Morgan fingerprint density at radius 2 is 2.14 bits per heavy atom. The molecule has 0 bridgehead atoms. The fraction of sp³-hybridized carbons (Fsp3) is 0.533. The van der Waals surface area contributed by atoms with E-state index in [0.717, 1.165) is 35.4 Å². The molecule has 1 fully saturated rings. The van der Waals surface area contributed by atoms with Gasteiger partial charge in [0.05, 0.1) is 18.5 Å². The van der Waals surface area contributed by atoms with Crippen molar-refractivity contribution >= 4 is 33.3 Å². The van der Waals surface area contributed by atoms with E-state index < -0.39 is 0 Å². The number of nitrogens with one attached hydrogen (secondary N) is 1. The zero-order chi connectivity index (χ0) is 15.1. The standard InChI is InChI=1S/C15H19N5OS/c16-14-13-9-3-1-2-4-10(9)22-15(13)19-11(18-14)7-20-6-5-17-12(21)8-20/h1-8H2,(H,17,21)(H2,16,18,19). The number of anilines is 1. The van der Waals surface area contributed by atoms with Crippen molar-refractivity contribution in [3.63, 3.8) is 0 Å². The monoisotopic (exact) mass is 317 g/mol. The van der Waals surface area contributed by atoms with Crippen molar-refractivity contribution in [2.24, 2.45) is 0 Å². The van der Waals surface area contributed by atoms with Crippen molar-refractivity contribution < 1.29 is 4.79 Å². The van der Waals surface area contributed by atoms with E-state index in [0.29, 0.717) is 25.5 Å². The number of nitrogens with two attached hydrogens (primary N) is 1. The van der Waals surface area contributed by atoms with Gasteiger partial charge in [-0.15, -0.1) is 11.3 Å². The lowest BCUT2D eigenvalue weighted by atomic mass is 9.97. The van der Waals surface area contributed by atoms with Crippen molar-refractivity contribution in [2.45, 2.75) is 32.2 Å². The molecule has 116 valence electrons. The highest BCUT2D eigenvalue weighted by Crippen LogP contribution is 2.37. The number of hydrogen-bond acceptors (Lipinski definition) is 6. The maximum atomic E-state index is 11.5. The Bertz CT molecular complexity index is 741. The number of hydrogen-bond donors (Lipinski definition) is 2. The van der Waals surface area contributed by atoms with Gasteiger partial charge in [0.15, 0.2) is 0 Å². The molecule has 1 aliphatic carbocycles. The number of amides is 1.